The topological polar surface area (TPSA) is 80.8 Å². The van der Waals surface area contributed by atoms with Crippen molar-refractivity contribution in [2.75, 3.05) is 7.11 Å². The number of carbonyl (C=O) groups is 1. The monoisotopic (exact) mass is 288 g/mol. The Bertz CT molecular complexity index is 800. The highest BCUT2D eigenvalue weighted by molar-refractivity contribution is 6.33. The molecule has 20 heavy (non-hydrogen) atoms. The number of benzene rings is 1. The number of aromatic nitrogens is 4. The van der Waals surface area contributed by atoms with Gasteiger partial charge < -0.3 is 4.74 Å². The third-order valence-corrected chi connectivity index (χ3v) is 3.05. The van der Waals surface area contributed by atoms with E-state index in [1.807, 2.05) is 0 Å². The van der Waals surface area contributed by atoms with Gasteiger partial charge in [0, 0.05) is 11.8 Å². The van der Waals surface area contributed by atoms with E-state index < -0.39 is 5.97 Å². The molecule has 0 fully saturated rings. The Kier molecular flexibility index (Phi) is 3.08. The summed E-state index contributed by atoms with van der Waals surface area (Å²) in [6.45, 7) is 0. The van der Waals surface area contributed by atoms with Crippen LogP contribution in [0.4, 0.5) is 0 Å². The maximum absolute atomic E-state index is 11.5. The first-order valence-corrected chi connectivity index (χ1v) is 6.12. The predicted octanol–water partition coefficient (Wildman–Crippen LogP) is 2.46. The number of H-pyrrole nitrogens is 1. The van der Waals surface area contributed by atoms with Gasteiger partial charge >= 0.3 is 5.97 Å². The first-order valence-electron chi connectivity index (χ1n) is 5.75. The molecule has 0 saturated carbocycles. The van der Waals surface area contributed by atoms with Crippen LogP contribution in [-0.4, -0.2) is 33.2 Å². The molecular formula is C13H9ClN4O2. The van der Waals surface area contributed by atoms with Crippen LogP contribution in [0.5, 0.6) is 0 Å². The van der Waals surface area contributed by atoms with Crippen molar-refractivity contribution in [2.24, 2.45) is 0 Å². The second-order valence-electron chi connectivity index (χ2n) is 4.03. The van der Waals surface area contributed by atoms with E-state index in [2.05, 4.69) is 24.9 Å². The van der Waals surface area contributed by atoms with Crippen LogP contribution in [0.2, 0.25) is 5.15 Å². The van der Waals surface area contributed by atoms with E-state index in [0.717, 1.165) is 0 Å². The Balaban J connectivity index is 2.13. The van der Waals surface area contributed by atoms with E-state index in [9.17, 15) is 4.79 Å². The third-order valence-electron chi connectivity index (χ3n) is 2.79. The Labute approximate surface area is 118 Å². The molecule has 3 rings (SSSR count). The number of hydrogen-bond donors (Lipinski definition) is 1. The van der Waals surface area contributed by atoms with Gasteiger partial charge in [0.15, 0.2) is 11.0 Å². The van der Waals surface area contributed by atoms with Crippen molar-refractivity contribution in [1.82, 2.24) is 20.2 Å². The molecule has 0 bridgehead atoms. The van der Waals surface area contributed by atoms with Crippen molar-refractivity contribution < 1.29 is 9.53 Å². The molecule has 0 spiro atoms. The van der Waals surface area contributed by atoms with E-state index in [1.165, 1.54) is 7.11 Å². The van der Waals surface area contributed by atoms with E-state index in [0.29, 0.717) is 28.0 Å². The van der Waals surface area contributed by atoms with Gasteiger partial charge in [0.25, 0.3) is 0 Å². The predicted molar refractivity (Wildman–Crippen MR) is 73.5 cm³/mol. The molecule has 0 saturated heterocycles. The Morgan fingerprint density at radius 1 is 1.35 bits per heavy atom. The van der Waals surface area contributed by atoms with Gasteiger partial charge in [0.2, 0.25) is 0 Å². The van der Waals surface area contributed by atoms with Crippen molar-refractivity contribution in [3.8, 4) is 11.4 Å². The lowest BCUT2D eigenvalue weighted by Gasteiger charge is -2.03. The molecule has 1 N–H and O–H groups in total. The second-order valence-corrected chi connectivity index (χ2v) is 4.39. The zero-order valence-corrected chi connectivity index (χ0v) is 11.2. The summed E-state index contributed by atoms with van der Waals surface area (Å²) in [5, 5.41) is 6.90. The highest BCUT2D eigenvalue weighted by Crippen LogP contribution is 2.23. The van der Waals surface area contributed by atoms with Gasteiger partial charge in [0.1, 0.15) is 11.0 Å². The maximum atomic E-state index is 11.5. The lowest BCUT2D eigenvalue weighted by Crippen LogP contribution is -2.01. The van der Waals surface area contributed by atoms with Crippen LogP contribution in [0, 0.1) is 0 Å². The summed E-state index contributed by atoms with van der Waals surface area (Å²) >= 11 is 6.06. The number of halogens is 1. The van der Waals surface area contributed by atoms with Gasteiger partial charge in [-0.25, -0.2) is 14.8 Å². The fourth-order valence-corrected chi connectivity index (χ4v) is 2.06. The summed E-state index contributed by atoms with van der Waals surface area (Å²) in [6, 6.07) is 6.85. The summed E-state index contributed by atoms with van der Waals surface area (Å²) in [5.41, 5.74) is 2.23. The van der Waals surface area contributed by atoms with E-state index in [1.54, 1.807) is 30.5 Å². The van der Waals surface area contributed by atoms with Gasteiger partial charge in [-0.2, -0.15) is 5.10 Å². The summed E-state index contributed by atoms with van der Waals surface area (Å²) in [5.74, 6) is 0.0111. The number of methoxy groups -OCH3 is 1. The molecule has 0 unspecified atom stereocenters. The molecule has 0 atom stereocenters. The Hall–Kier alpha value is -2.47. The third kappa shape index (κ3) is 2.10. The van der Waals surface area contributed by atoms with Crippen molar-refractivity contribution in [2.45, 2.75) is 0 Å². The lowest BCUT2D eigenvalue weighted by molar-refractivity contribution is 0.0601. The molecule has 2 heterocycles. The highest BCUT2D eigenvalue weighted by Gasteiger charge is 2.12. The van der Waals surface area contributed by atoms with Crippen LogP contribution in [-0.2, 0) is 4.74 Å². The van der Waals surface area contributed by atoms with Crippen LogP contribution >= 0.6 is 11.6 Å². The average Bonchev–Trinajstić information content (AvgIpc) is 2.95. The minimum Gasteiger partial charge on any atom is -0.465 e. The van der Waals surface area contributed by atoms with Crippen molar-refractivity contribution in [1.29, 1.82) is 0 Å². The SMILES string of the molecule is COC(=O)c1cccc(-c2nc(Cl)c3n[nH]cc3n2)c1. The molecule has 100 valence electrons. The number of fused-ring (bicyclic) bond motifs is 1. The molecule has 1 aromatic carbocycles. The molecule has 0 amide bonds. The van der Waals surface area contributed by atoms with Crippen LogP contribution in [0.1, 0.15) is 10.4 Å². The number of carbonyl (C=O) groups excluding carboxylic acids is 1. The summed E-state index contributed by atoms with van der Waals surface area (Å²) < 4.78 is 4.69. The van der Waals surface area contributed by atoms with Crippen LogP contribution in [0.15, 0.2) is 30.5 Å². The smallest absolute Gasteiger partial charge is 0.337 e. The number of ether oxygens (including phenoxy) is 1. The zero-order valence-electron chi connectivity index (χ0n) is 10.4. The Morgan fingerprint density at radius 2 is 2.20 bits per heavy atom. The van der Waals surface area contributed by atoms with E-state index >= 15 is 0 Å². The van der Waals surface area contributed by atoms with Crippen LogP contribution < -0.4 is 0 Å². The Morgan fingerprint density at radius 3 is 3.00 bits per heavy atom. The van der Waals surface area contributed by atoms with Crippen molar-refractivity contribution in [3.05, 3.63) is 41.2 Å². The maximum Gasteiger partial charge on any atom is 0.337 e. The average molecular weight is 289 g/mol. The van der Waals surface area contributed by atoms with E-state index in [4.69, 9.17) is 11.6 Å². The highest BCUT2D eigenvalue weighted by atomic mass is 35.5. The van der Waals surface area contributed by atoms with Crippen molar-refractivity contribution >= 4 is 28.6 Å². The van der Waals surface area contributed by atoms with Crippen molar-refractivity contribution in [3.63, 3.8) is 0 Å². The lowest BCUT2D eigenvalue weighted by atomic mass is 10.1. The van der Waals surface area contributed by atoms with Gasteiger partial charge in [-0.05, 0) is 12.1 Å². The molecule has 0 aliphatic heterocycles. The quantitative estimate of drug-likeness (QED) is 0.579. The number of aromatic amines is 1. The fraction of sp³-hybridized carbons (Fsp3) is 0.0769. The zero-order chi connectivity index (χ0) is 14.1. The van der Waals surface area contributed by atoms with Gasteiger partial charge in [-0.1, -0.05) is 23.7 Å². The summed E-state index contributed by atoms with van der Waals surface area (Å²) in [7, 11) is 1.33. The number of nitrogens with zero attached hydrogens (tertiary/aromatic N) is 3. The number of rotatable bonds is 2. The summed E-state index contributed by atoms with van der Waals surface area (Å²) in [6.07, 6.45) is 1.64. The molecular weight excluding hydrogens is 280 g/mol. The number of hydrogen-bond acceptors (Lipinski definition) is 5. The first kappa shape index (κ1) is 12.6. The van der Waals surface area contributed by atoms with Crippen LogP contribution in [0.3, 0.4) is 0 Å². The second kappa shape index (κ2) is 4.90. The largest absolute Gasteiger partial charge is 0.465 e. The molecule has 7 heteroatoms. The van der Waals surface area contributed by atoms with E-state index in [-0.39, 0.29) is 5.15 Å². The minimum absolute atomic E-state index is 0.259. The number of esters is 1. The van der Waals surface area contributed by atoms with Gasteiger partial charge in [-0.15, -0.1) is 0 Å². The van der Waals surface area contributed by atoms with Gasteiger partial charge in [-0.3, -0.25) is 5.10 Å². The molecule has 6 nitrogen and oxygen atoms in total. The standard InChI is InChI=1S/C13H9ClN4O2/c1-20-13(19)8-4-2-3-7(5-8)12-16-9-6-15-18-10(9)11(14)17-12/h2-6H,1H3,(H,15,18). The molecule has 0 aliphatic carbocycles. The molecule has 3 aromatic rings. The normalized spacial score (nSPS) is 10.7. The number of nitrogens with one attached hydrogen (secondary N) is 1. The molecule has 0 radical (unpaired) electrons. The minimum atomic E-state index is -0.415. The summed E-state index contributed by atoms with van der Waals surface area (Å²) in [4.78, 5) is 20.1. The first-order chi connectivity index (χ1) is 9.69. The molecule has 0 aliphatic rings. The fourth-order valence-electron chi connectivity index (χ4n) is 1.84. The van der Waals surface area contributed by atoms with Crippen LogP contribution in [0.25, 0.3) is 22.4 Å². The van der Waals surface area contributed by atoms with Gasteiger partial charge in [0.05, 0.1) is 12.7 Å². The molecule has 2 aromatic heterocycles.